The average Bonchev–Trinajstić information content (AvgIpc) is 2.48. The summed E-state index contributed by atoms with van der Waals surface area (Å²) in [5, 5.41) is 0. The number of nitrogens with two attached hydrogens (primary N) is 1. The summed E-state index contributed by atoms with van der Waals surface area (Å²) in [6.07, 6.45) is 0. The van der Waals surface area contributed by atoms with E-state index < -0.39 is 0 Å². The maximum atomic E-state index is 13.9. The van der Waals surface area contributed by atoms with Gasteiger partial charge in [-0.25, -0.2) is 8.78 Å². The third-order valence-corrected chi connectivity index (χ3v) is 3.78. The van der Waals surface area contributed by atoms with E-state index in [-0.39, 0.29) is 11.6 Å². The zero-order valence-electron chi connectivity index (χ0n) is 11.6. The van der Waals surface area contributed by atoms with Crippen molar-refractivity contribution < 1.29 is 8.78 Å². The Morgan fingerprint density at radius 3 is 2.05 bits per heavy atom. The number of hydrogen-bond acceptors (Lipinski definition) is 3. The SMILES string of the molecule is Nc1ccc(N2CCN(c3ccc(F)cc3)CC2)c(F)c1. The van der Waals surface area contributed by atoms with E-state index in [9.17, 15) is 8.78 Å². The number of nitrogens with zero attached hydrogens (tertiary/aromatic N) is 2. The first-order chi connectivity index (χ1) is 10.1. The minimum absolute atomic E-state index is 0.235. The summed E-state index contributed by atoms with van der Waals surface area (Å²) in [4.78, 5) is 4.18. The second-order valence-corrected chi connectivity index (χ2v) is 5.16. The number of benzene rings is 2. The molecule has 1 aliphatic heterocycles. The monoisotopic (exact) mass is 289 g/mol. The Balaban J connectivity index is 1.68. The standard InChI is InChI=1S/C16H17F2N3/c17-12-1-4-14(5-2-12)20-7-9-21(10-8-20)16-6-3-13(19)11-15(16)18/h1-6,11H,7-10,19H2. The van der Waals surface area contributed by atoms with Gasteiger partial charge in [-0.1, -0.05) is 0 Å². The summed E-state index contributed by atoms with van der Waals surface area (Å²) < 4.78 is 26.9. The molecule has 0 bridgehead atoms. The zero-order valence-corrected chi connectivity index (χ0v) is 11.6. The molecule has 0 radical (unpaired) electrons. The first kappa shape index (κ1) is 13.7. The molecule has 0 aromatic heterocycles. The molecule has 0 unspecified atom stereocenters. The number of halogens is 2. The predicted molar refractivity (Wildman–Crippen MR) is 81.6 cm³/mol. The fourth-order valence-corrected chi connectivity index (χ4v) is 2.64. The maximum Gasteiger partial charge on any atom is 0.148 e. The Morgan fingerprint density at radius 1 is 0.810 bits per heavy atom. The molecule has 1 saturated heterocycles. The average molecular weight is 289 g/mol. The smallest absolute Gasteiger partial charge is 0.148 e. The van der Waals surface area contributed by atoms with Crippen LogP contribution < -0.4 is 15.5 Å². The molecule has 5 heteroatoms. The third-order valence-electron chi connectivity index (χ3n) is 3.78. The highest BCUT2D eigenvalue weighted by Gasteiger charge is 2.19. The number of nitrogen functional groups attached to an aromatic ring is 1. The molecular formula is C16H17F2N3. The van der Waals surface area contributed by atoms with Gasteiger partial charge in [0, 0.05) is 37.6 Å². The highest BCUT2D eigenvalue weighted by atomic mass is 19.1. The zero-order chi connectivity index (χ0) is 14.8. The molecule has 0 amide bonds. The molecule has 1 heterocycles. The normalized spacial score (nSPS) is 15.3. The van der Waals surface area contributed by atoms with Crippen molar-refractivity contribution in [2.75, 3.05) is 41.7 Å². The fraction of sp³-hybridized carbons (Fsp3) is 0.250. The second kappa shape index (κ2) is 5.60. The Kier molecular flexibility index (Phi) is 3.64. The summed E-state index contributed by atoms with van der Waals surface area (Å²) in [7, 11) is 0. The number of anilines is 3. The lowest BCUT2D eigenvalue weighted by molar-refractivity contribution is 0.597. The summed E-state index contributed by atoms with van der Waals surface area (Å²) in [6.45, 7) is 2.99. The van der Waals surface area contributed by atoms with Gasteiger partial charge in [-0.2, -0.15) is 0 Å². The van der Waals surface area contributed by atoms with Crippen molar-refractivity contribution in [2.45, 2.75) is 0 Å². The number of rotatable bonds is 2. The quantitative estimate of drug-likeness (QED) is 0.863. The van der Waals surface area contributed by atoms with Gasteiger partial charge < -0.3 is 15.5 Å². The van der Waals surface area contributed by atoms with Crippen LogP contribution in [0, 0.1) is 11.6 Å². The lowest BCUT2D eigenvalue weighted by atomic mass is 10.2. The van der Waals surface area contributed by atoms with Crippen molar-refractivity contribution in [1.29, 1.82) is 0 Å². The summed E-state index contributed by atoms with van der Waals surface area (Å²) in [6, 6.07) is 11.2. The van der Waals surface area contributed by atoms with E-state index in [1.807, 2.05) is 4.90 Å². The van der Waals surface area contributed by atoms with Crippen molar-refractivity contribution in [1.82, 2.24) is 0 Å². The van der Waals surface area contributed by atoms with Gasteiger partial charge >= 0.3 is 0 Å². The first-order valence-electron chi connectivity index (χ1n) is 6.94. The topological polar surface area (TPSA) is 32.5 Å². The molecule has 21 heavy (non-hydrogen) atoms. The Labute approximate surface area is 122 Å². The Hall–Kier alpha value is -2.30. The van der Waals surface area contributed by atoms with Gasteiger partial charge in [0.1, 0.15) is 11.6 Å². The van der Waals surface area contributed by atoms with Crippen LogP contribution in [-0.2, 0) is 0 Å². The van der Waals surface area contributed by atoms with Gasteiger partial charge in [0.15, 0.2) is 0 Å². The minimum Gasteiger partial charge on any atom is -0.399 e. The van der Waals surface area contributed by atoms with Crippen LogP contribution in [0.15, 0.2) is 42.5 Å². The van der Waals surface area contributed by atoms with E-state index in [0.717, 1.165) is 31.9 Å². The van der Waals surface area contributed by atoms with E-state index in [1.165, 1.54) is 18.2 Å². The van der Waals surface area contributed by atoms with Crippen LogP contribution in [0.2, 0.25) is 0 Å². The van der Waals surface area contributed by atoms with Gasteiger partial charge in [0.05, 0.1) is 5.69 Å². The van der Waals surface area contributed by atoms with Gasteiger partial charge in [0.25, 0.3) is 0 Å². The van der Waals surface area contributed by atoms with Crippen molar-refractivity contribution in [2.24, 2.45) is 0 Å². The molecule has 0 aliphatic carbocycles. The molecule has 2 aromatic rings. The lowest BCUT2D eigenvalue weighted by Gasteiger charge is -2.37. The summed E-state index contributed by atoms with van der Waals surface area (Å²) >= 11 is 0. The molecule has 0 atom stereocenters. The first-order valence-corrected chi connectivity index (χ1v) is 6.94. The molecule has 2 aromatic carbocycles. The Bertz CT molecular complexity index is 620. The highest BCUT2D eigenvalue weighted by Crippen LogP contribution is 2.24. The summed E-state index contributed by atoms with van der Waals surface area (Å²) in [5.74, 6) is -0.522. The highest BCUT2D eigenvalue weighted by molar-refractivity contribution is 5.56. The van der Waals surface area contributed by atoms with E-state index in [1.54, 1.807) is 24.3 Å². The number of hydrogen-bond donors (Lipinski definition) is 1. The van der Waals surface area contributed by atoms with Gasteiger partial charge in [0.2, 0.25) is 0 Å². The van der Waals surface area contributed by atoms with E-state index in [0.29, 0.717) is 11.4 Å². The molecule has 3 nitrogen and oxygen atoms in total. The minimum atomic E-state index is -0.287. The molecule has 0 spiro atoms. The molecular weight excluding hydrogens is 272 g/mol. The van der Waals surface area contributed by atoms with E-state index in [4.69, 9.17) is 5.73 Å². The van der Waals surface area contributed by atoms with Gasteiger partial charge in [-0.3, -0.25) is 0 Å². The van der Waals surface area contributed by atoms with Crippen LogP contribution >= 0.6 is 0 Å². The summed E-state index contributed by atoms with van der Waals surface area (Å²) in [5.41, 5.74) is 7.58. The van der Waals surface area contributed by atoms with Crippen LogP contribution in [0.3, 0.4) is 0 Å². The van der Waals surface area contributed by atoms with Crippen LogP contribution in [0.5, 0.6) is 0 Å². The Morgan fingerprint density at radius 2 is 1.43 bits per heavy atom. The van der Waals surface area contributed by atoms with Crippen LogP contribution in [0.25, 0.3) is 0 Å². The molecule has 1 fully saturated rings. The fourth-order valence-electron chi connectivity index (χ4n) is 2.64. The lowest BCUT2D eigenvalue weighted by Crippen LogP contribution is -2.46. The molecule has 1 aliphatic rings. The predicted octanol–water partition coefficient (Wildman–Crippen LogP) is 2.87. The third kappa shape index (κ3) is 2.91. The van der Waals surface area contributed by atoms with Gasteiger partial charge in [-0.05, 0) is 42.5 Å². The van der Waals surface area contributed by atoms with Crippen molar-refractivity contribution >= 4 is 17.1 Å². The van der Waals surface area contributed by atoms with E-state index >= 15 is 0 Å². The second-order valence-electron chi connectivity index (χ2n) is 5.16. The van der Waals surface area contributed by atoms with Crippen LogP contribution in [0.1, 0.15) is 0 Å². The molecule has 2 N–H and O–H groups in total. The maximum absolute atomic E-state index is 13.9. The van der Waals surface area contributed by atoms with E-state index in [2.05, 4.69) is 4.90 Å². The number of piperazine rings is 1. The van der Waals surface area contributed by atoms with Crippen molar-refractivity contribution in [3.63, 3.8) is 0 Å². The van der Waals surface area contributed by atoms with Crippen LogP contribution in [0.4, 0.5) is 25.8 Å². The van der Waals surface area contributed by atoms with Crippen molar-refractivity contribution in [3.05, 3.63) is 54.1 Å². The molecule has 110 valence electrons. The van der Waals surface area contributed by atoms with Crippen molar-refractivity contribution in [3.8, 4) is 0 Å². The molecule has 0 saturated carbocycles. The molecule has 3 rings (SSSR count). The largest absolute Gasteiger partial charge is 0.399 e. The van der Waals surface area contributed by atoms with Crippen LogP contribution in [-0.4, -0.2) is 26.2 Å². The van der Waals surface area contributed by atoms with Gasteiger partial charge in [-0.15, -0.1) is 0 Å².